The van der Waals surface area contributed by atoms with Crippen LogP contribution in [-0.2, 0) is 24.0 Å². The molecule has 14 heteroatoms. The zero-order chi connectivity index (χ0) is 51.4. The Morgan fingerprint density at radius 1 is 0.653 bits per heavy atom. The number of carboxylic acid groups (broad SMARTS) is 2. The van der Waals surface area contributed by atoms with E-state index in [1.165, 1.54) is 10.6 Å². The second-order valence-electron chi connectivity index (χ2n) is 19.8. The number of hydrogen-bond acceptors (Lipinski definition) is 8. The lowest BCUT2D eigenvalue weighted by Gasteiger charge is -2.37. The number of carboxylic acids is 2. The Morgan fingerprint density at radius 2 is 1.08 bits per heavy atom. The highest BCUT2D eigenvalue weighted by molar-refractivity contribution is 5.89. The molecule has 4 heterocycles. The number of carbonyl (C=O) groups excluding carboxylic acids is 3. The molecule has 72 heavy (non-hydrogen) atoms. The van der Waals surface area contributed by atoms with Gasteiger partial charge in [0.25, 0.3) is 5.56 Å². The molecule has 5 unspecified atom stereocenters. The molecule has 5 atom stereocenters. The molecule has 1 saturated heterocycles. The topological polar surface area (TPSA) is 201 Å². The maximum atomic E-state index is 13.5. The van der Waals surface area contributed by atoms with Crippen LogP contribution in [0.4, 0.5) is 0 Å². The first-order valence-corrected chi connectivity index (χ1v) is 24.2. The number of aryl methyl sites for hydroxylation is 5. The van der Waals surface area contributed by atoms with E-state index in [0.29, 0.717) is 42.9 Å². The lowest BCUT2D eigenvalue weighted by Crippen LogP contribution is -2.53. The summed E-state index contributed by atoms with van der Waals surface area (Å²) < 4.78 is 1.42. The third-order valence-electron chi connectivity index (χ3n) is 12.8. The van der Waals surface area contributed by atoms with Gasteiger partial charge in [-0.05, 0) is 140 Å². The van der Waals surface area contributed by atoms with Gasteiger partial charge in [0, 0.05) is 61.1 Å². The molecule has 0 saturated carbocycles. The monoisotopic (exact) mass is 987 g/mol. The number of hydrogen-bond donors (Lipinski definition) is 4. The molecular weight excluding hydrogens is 909 g/mol. The van der Waals surface area contributed by atoms with Crippen molar-refractivity contribution >= 4 is 29.7 Å². The molecule has 6 rings (SSSR count). The number of aromatic nitrogens is 3. The summed E-state index contributed by atoms with van der Waals surface area (Å²) in [4.78, 5) is 86.2. The predicted octanol–water partition coefficient (Wildman–Crippen LogP) is 10.7. The fraction of sp³-hybridized carbons (Fsp3) is 0.448. The second-order valence-corrected chi connectivity index (χ2v) is 19.8. The summed E-state index contributed by atoms with van der Waals surface area (Å²) in [5, 5.41) is 25.0. The van der Waals surface area contributed by atoms with Crippen molar-refractivity contribution in [3.63, 3.8) is 0 Å². The highest BCUT2D eigenvalue weighted by atomic mass is 16.4. The summed E-state index contributed by atoms with van der Waals surface area (Å²) in [6.07, 6.45) is 9.98. The zero-order valence-corrected chi connectivity index (χ0v) is 42.3. The van der Waals surface area contributed by atoms with Crippen LogP contribution in [0.1, 0.15) is 145 Å². The molecule has 0 bridgehead atoms. The van der Waals surface area contributed by atoms with Crippen molar-refractivity contribution in [2.75, 3.05) is 6.54 Å². The molecule has 388 valence electrons. The maximum Gasteiger partial charge on any atom is 0.305 e. The number of rotatable bonds is 18. The van der Waals surface area contributed by atoms with Gasteiger partial charge in [-0.1, -0.05) is 85.9 Å². The summed E-state index contributed by atoms with van der Waals surface area (Å²) in [6, 6.07) is 16.2. The zero-order valence-electron chi connectivity index (χ0n) is 42.3. The van der Waals surface area contributed by atoms with Crippen LogP contribution in [0.25, 0.3) is 22.3 Å². The second kappa shape index (κ2) is 27.0. The van der Waals surface area contributed by atoms with Crippen LogP contribution in [0.5, 0.6) is 0 Å². The van der Waals surface area contributed by atoms with Crippen LogP contribution in [-0.4, -0.2) is 71.9 Å². The number of carbonyl (C=O) groups is 5. The van der Waals surface area contributed by atoms with E-state index in [4.69, 9.17) is 0 Å². The number of pyridine rings is 3. The minimum absolute atomic E-state index is 0. The van der Waals surface area contributed by atoms with Gasteiger partial charge < -0.3 is 30.3 Å². The van der Waals surface area contributed by atoms with Gasteiger partial charge in [0.1, 0.15) is 12.1 Å². The Kier molecular flexibility index (Phi) is 22.3. The standard InChI is InChI=1S/C28H37N3O4.C28H33N3O4.2CH4/c2*1-17(2)11-24(31-10-9-18(3)12-25(31)32)28(35)30-23(14-26(33)34)21-13-22(16-29-15-21)27-19(4)7-6-8-20(27)5;;/h6-8,13,15-18,23-24H,9-12,14H2,1-5H3,(H,30,35)(H,33,34);6-10,12-13,15-17,23-24H,11,14H2,1-5H3,(H,30,35)(H,33,34);2*1H4. The highest BCUT2D eigenvalue weighted by Gasteiger charge is 2.35. The third-order valence-corrected chi connectivity index (χ3v) is 12.8. The fourth-order valence-corrected chi connectivity index (χ4v) is 9.29. The van der Waals surface area contributed by atoms with Gasteiger partial charge >= 0.3 is 11.9 Å². The molecular formula is C58H78N6O8. The van der Waals surface area contributed by atoms with Gasteiger partial charge in [0.2, 0.25) is 17.7 Å². The predicted molar refractivity (Wildman–Crippen MR) is 285 cm³/mol. The van der Waals surface area contributed by atoms with Crippen LogP contribution in [0.3, 0.4) is 0 Å². The first-order valence-electron chi connectivity index (χ1n) is 24.2. The van der Waals surface area contributed by atoms with Crippen LogP contribution in [0.2, 0.25) is 0 Å². The number of piperidine rings is 1. The normalized spacial score (nSPS) is 14.9. The summed E-state index contributed by atoms with van der Waals surface area (Å²) in [5.74, 6) is -2.13. The van der Waals surface area contributed by atoms with Crippen LogP contribution in [0.15, 0.2) is 96.4 Å². The Labute approximate surface area is 426 Å². The van der Waals surface area contributed by atoms with Gasteiger partial charge in [0.15, 0.2) is 0 Å². The van der Waals surface area contributed by atoms with E-state index in [9.17, 15) is 39.0 Å². The van der Waals surface area contributed by atoms with E-state index in [1.807, 2.05) is 118 Å². The van der Waals surface area contributed by atoms with Gasteiger partial charge in [-0.15, -0.1) is 0 Å². The van der Waals surface area contributed by atoms with Gasteiger partial charge in [0.05, 0.1) is 24.9 Å². The van der Waals surface area contributed by atoms with Gasteiger partial charge in [-0.3, -0.25) is 38.7 Å². The lowest BCUT2D eigenvalue weighted by atomic mass is 9.93. The van der Waals surface area contributed by atoms with Crippen molar-refractivity contribution in [3.05, 3.63) is 141 Å². The molecule has 3 aromatic heterocycles. The molecule has 14 nitrogen and oxygen atoms in total. The van der Waals surface area contributed by atoms with E-state index >= 15 is 0 Å². The summed E-state index contributed by atoms with van der Waals surface area (Å²) in [7, 11) is 0. The number of likely N-dealkylation sites (tertiary alicyclic amines) is 1. The van der Waals surface area contributed by atoms with Crippen molar-refractivity contribution in [1.82, 2.24) is 30.1 Å². The molecule has 0 radical (unpaired) electrons. The van der Waals surface area contributed by atoms with Crippen molar-refractivity contribution in [2.45, 2.75) is 147 Å². The Hall–Kier alpha value is -6.96. The number of nitrogens with zero attached hydrogens (tertiary/aromatic N) is 4. The van der Waals surface area contributed by atoms with E-state index in [-0.39, 0.29) is 56.9 Å². The van der Waals surface area contributed by atoms with E-state index in [0.717, 1.165) is 56.5 Å². The number of aliphatic carboxylic acids is 2. The minimum atomic E-state index is -1.04. The molecule has 0 spiro atoms. The van der Waals surface area contributed by atoms with E-state index < -0.39 is 42.0 Å². The Morgan fingerprint density at radius 3 is 1.49 bits per heavy atom. The van der Waals surface area contributed by atoms with Crippen LogP contribution >= 0.6 is 0 Å². The van der Waals surface area contributed by atoms with Crippen molar-refractivity contribution < 1.29 is 34.2 Å². The number of benzene rings is 2. The summed E-state index contributed by atoms with van der Waals surface area (Å²) >= 11 is 0. The SMILES string of the molecule is C.C.Cc1cccc(C)c1-c1cncc(C(CC(=O)O)NC(=O)C(CC(C)C)N2CCC(C)CC2=O)c1.Cc1ccn(C(CC(C)C)C(=O)NC(CC(=O)O)c2cncc(-c3c(C)cccc3C)c2)c(=O)c1. The molecule has 5 aromatic rings. The Balaban J connectivity index is 0.000000370. The summed E-state index contributed by atoms with van der Waals surface area (Å²) in [6.45, 7) is 20.5. The lowest BCUT2D eigenvalue weighted by molar-refractivity contribution is -0.145. The smallest absolute Gasteiger partial charge is 0.305 e. The fourth-order valence-electron chi connectivity index (χ4n) is 9.29. The minimum Gasteiger partial charge on any atom is -0.481 e. The van der Waals surface area contributed by atoms with E-state index in [1.54, 1.807) is 42.0 Å². The molecule has 4 N–H and O–H groups in total. The largest absolute Gasteiger partial charge is 0.481 e. The maximum absolute atomic E-state index is 13.5. The highest BCUT2D eigenvalue weighted by Crippen LogP contribution is 2.32. The molecule has 0 aliphatic carbocycles. The Bertz CT molecular complexity index is 2690. The number of amides is 3. The molecule has 2 aromatic carbocycles. The van der Waals surface area contributed by atoms with Crippen LogP contribution in [0, 0.1) is 52.4 Å². The summed E-state index contributed by atoms with van der Waals surface area (Å²) in [5.41, 5.74) is 9.94. The van der Waals surface area contributed by atoms with Gasteiger partial charge in [-0.2, -0.15) is 0 Å². The number of nitrogens with one attached hydrogen (secondary N) is 2. The molecule has 1 fully saturated rings. The quantitative estimate of drug-likeness (QED) is 0.0655. The first-order chi connectivity index (χ1) is 33.1. The molecule has 1 aliphatic heterocycles. The van der Waals surface area contributed by atoms with Crippen LogP contribution < -0.4 is 16.2 Å². The molecule has 1 aliphatic rings. The van der Waals surface area contributed by atoms with Crippen molar-refractivity contribution in [2.24, 2.45) is 17.8 Å². The average Bonchev–Trinajstić information content (AvgIpc) is 3.27. The van der Waals surface area contributed by atoms with Crippen molar-refractivity contribution in [1.29, 1.82) is 0 Å². The first kappa shape index (κ1) is 59.3. The average molecular weight is 987 g/mol. The van der Waals surface area contributed by atoms with Crippen molar-refractivity contribution in [3.8, 4) is 22.3 Å². The van der Waals surface area contributed by atoms with E-state index in [2.05, 4.69) is 20.6 Å². The molecule has 3 amide bonds. The third kappa shape index (κ3) is 16.0. The van der Waals surface area contributed by atoms with Gasteiger partial charge in [-0.25, -0.2) is 0 Å².